The first-order valence-electron chi connectivity index (χ1n) is 6.45. The molecule has 1 aliphatic heterocycles. The molecule has 0 saturated heterocycles. The Morgan fingerprint density at radius 3 is 2.89 bits per heavy atom. The summed E-state index contributed by atoms with van der Waals surface area (Å²) in [6, 6.07) is 6.85. The third-order valence-electron chi connectivity index (χ3n) is 3.22. The Kier molecular flexibility index (Phi) is 4.54. The van der Waals surface area contributed by atoms with E-state index in [1.165, 1.54) is 27.7 Å². The number of thioether (sulfide) groups is 1. The Labute approximate surface area is 131 Å². The summed E-state index contributed by atoms with van der Waals surface area (Å²) in [6.45, 7) is 3.13. The Morgan fingerprint density at radius 2 is 2.21 bits per heavy atom. The summed E-state index contributed by atoms with van der Waals surface area (Å²) in [7, 11) is 0. The van der Waals surface area contributed by atoms with E-state index in [2.05, 4.69) is 24.4 Å². The van der Waals surface area contributed by atoms with Gasteiger partial charge in [0.15, 0.2) is 0 Å². The normalized spacial score (nSPS) is 16.3. The van der Waals surface area contributed by atoms with Gasteiger partial charge in [-0.1, -0.05) is 18.5 Å². The molecule has 0 fully saturated rings. The van der Waals surface area contributed by atoms with E-state index in [1.807, 2.05) is 29.2 Å². The molecule has 19 heavy (non-hydrogen) atoms. The summed E-state index contributed by atoms with van der Waals surface area (Å²) in [6.07, 6.45) is 1.23. The molecule has 1 nitrogen and oxygen atoms in total. The van der Waals surface area contributed by atoms with Crippen LogP contribution in [0.2, 0.25) is 4.34 Å². The number of halogens is 1. The van der Waals surface area contributed by atoms with Crippen LogP contribution in [0.25, 0.3) is 0 Å². The number of hydrogen-bond acceptors (Lipinski definition) is 4. The van der Waals surface area contributed by atoms with E-state index in [0.29, 0.717) is 6.04 Å². The van der Waals surface area contributed by atoms with Crippen molar-refractivity contribution in [1.29, 1.82) is 0 Å². The van der Waals surface area contributed by atoms with Crippen molar-refractivity contribution in [3.05, 3.63) is 42.7 Å². The highest BCUT2D eigenvalue weighted by molar-refractivity contribution is 7.98. The zero-order valence-corrected chi connectivity index (χ0v) is 13.9. The fourth-order valence-electron chi connectivity index (χ4n) is 2.34. The predicted molar refractivity (Wildman–Crippen MR) is 89.0 cm³/mol. The highest BCUT2D eigenvalue weighted by atomic mass is 35.5. The van der Waals surface area contributed by atoms with E-state index in [9.17, 15) is 0 Å². The van der Waals surface area contributed by atoms with Gasteiger partial charge in [-0.25, -0.2) is 0 Å². The Balaban J connectivity index is 1.93. The molecule has 0 spiro atoms. The van der Waals surface area contributed by atoms with Crippen LogP contribution in [-0.2, 0) is 12.2 Å². The van der Waals surface area contributed by atoms with Crippen LogP contribution in [0.5, 0.6) is 0 Å². The molecule has 1 unspecified atom stereocenters. The average Bonchev–Trinajstić information content (AvgIpc) is 3.01. The molecule has 0 amide bonds. The first kappa shape index (κ1) is 14.0. The standard InChI is InChI=1S/C14H16ClNS3/c1-2-16-14(11-3-4-13(15)19-11)12-7-9-8-17-6-5-10(9)18-12/h3-4,7,14,16H,2,5-6,8H2,1H3. The third-order valence-corrected chi connectivity index (χ3v) is 6.82. The summed E-state index contributed by atoms with van der Waals surface area (Å²) >= 11 is 11.8. The van der Waals surface area contributed by atoms with Gasteiger partial charge in [0.1, 0.15) is 0 Å². The van der Waals surface area contributed by atoms with Crippen molar-refractivity contribution in [2.45, 2.75) is 25.1 Å². The van der Waals surface area contributed by atoms with Gasteiger partial charge in [-0.15, -0.1) is 22.7 Å². The van der Waals surface area contributed by atoms with Crippen molar-refractivity contribution in [1.82, 2.24) is 5.32 Å². The van der Waals surface area contributed by atoms with Crippen LogP contribution in [0.15, 0.2) is 18.2 Å². The smallest absolute Gasteiger partial charge is 0.0931 e. The molecule has 5 heteroatoms. The monoisotopic (exact) mass is 329 g/mol. The summed E-state index contributed by atoms with van der Waals surface area (Å²) in [5, 5.41) is 3.59. The summed E-state index contributed by atoms with van der Waals surface area (Å²) in [5.41, 5.74) is 1.54. The summed E-state index contributed by atoms with van der Waals surface area (Å²) in [4.78, 5) is 4.34. The van der Waals surface area contributed by atoms with Crippen molar-refractivity contribution in [3.63, 3.8) is 0 Å². The molecule has 1 atom stereocenters. The van der Waals surface area contributed by atoms with Crippen LogP contribution in [0, 0.1) is 0 Å². The van der Waals surface area contributed by atoms with Crippen LogP contribution in [0.4, 0.5) is 0 Å². The van der Waals surface area contributed by atoms with Gasteiger partial charge >= 0.3 is 0 Å². The molecular weight excluding hydrogens is 314 g/mol. The van der Waals surface area contributed by atoms with E-state index in [0.717, 1.165) is 10.9 Å². The lowest BCUT2D eigenvalue weighted by molar-refractivity contribution is 0.648. The third kappa shape index (κ3) is 3.03. The lowest BCUT2D eigenvalue weighted by atomic mass is 10.1. The van der Waals surface area contributed by atoms with E-state index in [-0.39, 0.29) is 0 Å². The van der Waals surface area contributed by atoms with Gasteiger partial charge in [-0.2, -0.15) is 11.8 Å². The van der Waals surface area contributed by atoms with Gasteiger partial charge in [0.25, 0.3) is 0 Å². The number of rotatable bonds is 4. The quantitative estimate of drug-likeness (QED) is 0.851. The van der Waals surface area contributed by atoms with Crippen LogP contribution in [0.3, 0.4) is 0 Å². The zero-order valence-electron chi connectivity index (χ0n) is 10.7. The first-order chi connectivity index (χ1) is 9.28. The van der Waals surface area contributed by atoms with Crippen molar-refractivity contribution < 1.29 is 0 Å². The molecule has 1 aliphatic rings. The molecule has 0 radical (unpaired) electrons. The van der Waals surface area contributed by atoms with Gasteiger partial charge in [-0.05, 0) is 42.5 Å². The van der Waals surface area contributed by atoms with Crippen molar-refractivity contribution in [3.8, 4) is 0 Å². The maximum atomic E-state index is 6.08. The minimum Gasteiger partial charge on any atom is -0.305 e. The average molecular weight is 330 g/mol. The number of aryl methyl sites for hydroxylation is 1. The second kappa shape index (κ2) is 6.19. The molecule has 2 aromatic heterocycles. The van der Waals surface area contributed by atoms with E-state index < -0.39 is 0 Å². The number of thiophene rings is 2. The summed E-state index contributed by atoms with van der Waals surface area (Å²) < 4.78 is 0.870. The first-order valence-corrected chi connectivity index (χ1v) is 9.62. The van der Waals surface area contributed by atoms with Crippen LogP contribution in [-0.4, -0.2) is 12.3 Å². The SMILES string of the molecule is CCNC(c1ccc(Cl)s1)c1cc2c(s1)CCSC2. The number of nitrogens with one attached hydrogen (secondary N) is 1. The fourth-order valence-corrected chi connectivity index (χ4v) is 6.04. The molecular formula is C14H16ClNS3. The van der Waals surface area contributed by atoms with Crippen molar-refractivity contribution in [2.75, 3.05) is 12.3 Å². The lowest BCUT2D eigenvalue weighted by Gasteiger charge is -2.14. The Hall–Kier alpha value is -0.000000000000000111. The van der Waals surface area contributed by atoms with Crippen LogP contribution in [0.1, 0.15) is 33.2 Å². The largest absolute Gasteiger partial charge is 0.305 e. The topological polar surface area (TPSA) is 12.0 Å². The number of fused-ring (bicyclic) bond motifs is 1. The van der Waals surface area contributed by atoms with Crippen LogP contribution >= 0.6 is 46.0 Å². The summed E-state index contributed by atoms with van der Waals surface area (Å²) in [5.74, 6) is 2.44. The fraction of sp³-hybridized carbons (Fsp3) is 0.429. The molecule has 0 saturated carbocycles. The molecule has 0 aromatic carbocycles. The van der Waals surface area contributed by atoms with E-state index in [1.54, 1.807) is 21.8 Å². The van der Waals surface area contributed by atoms with Gasteiger partial charge in [-0.3, -0.25) is 0 Å². The molecule has 1 N–H and O–H groups in total. The maximum Gasteiger partial charge on any atom is 0.0931 e. The predicted octanol–water partition coefficient (Wildman–Crippen LogP) is 4.95. The Morgan fingerprint density at radius 1 is 1.32 bits per heavy atom. The second-order valence-electron chi connectivity index (χ2n) is 4.53. The molecule has 0 aliphatic carbocycles. The van der Waals surface area contributed by atoms with Gasteiger partial charge < -0.3 is 5.32 Å². The zero-order chi connectivity index (χ0) is 13.2. The molecule has 102 valence electrons. The van der Waals surface area contributed by atoms with Crippen molar-refractivity contribution >= 4 is 46.0 Å². The lowest BCUT2D eigenvalue weighted by Crippen LogP contribution is -2.20. The van der Waals surface area contributed by atoms with Gasteiger partial charge in [0, 0.05) is 20.4 Å². The minimum absolute atomic E-state index is 0.308. The molecule has 0 bridgehead atoms. The highest BCUT2D eigenvalue weighted by Crippen LogP contribution is 2.38. The second-order valence-corrected chi connectivity index (χ2v) is 8.55. The Bertz CT molecular complexity index is 537. The molecule has 3 heterocycles. The van der Waals surface area contributed by atoms with Crippen molar-refractivity contribution in [2.24, 2.45) is 0 Å². The van der Waals surface area contributed by atoms with Crippen LogP contribution < -0.4 is 5.32 Å². The highest BCUT2D eigenvalue weighted by Gasteiger charge is 2.21. The molecule has 2 aromatic rings. The van der Waals surface area contributed by atoms with E-state index >= 15 is 0 Å². The van der Waals surface area contributed by atoms with Gasteiger partial charge in [0.2, 0.25) is 0 Å². The van der Waals surface area contributed by atoms with E-state index in [4.69, 9.17) is 11.6 Å². The van der Waals surface area contributed by atoms with Gasteiger partial charge in [0.05, 0.1) is 10.4 Å². The number of hydrogen-bond donors (Lipinski definition) is 1. The maximum absolute atomic E-state index is 6.08. The molecule has 3 rings (SSSR count). The minimum atomic E-state index is 0.308.